The van der Waals surface area contributed by atoms with Gasteiger partial charge in [0.05, 0.1) is 7.11 Å². The van der Waals surface area contributed by atoms with Gasteiger partial charge < -0.3 is 10.5 Å². The average molecular weight is 201 g/mol. The number of nitrogens with two attached hydrogens (primary N) is 1. The first-order chi connectivity index (χ1) is 6.19. The number of methoxy groups -OCH3 is 1. The van der Waals surface area contributed by atoms with Gasteiger partial charge in [0.15, 0.2) is 11.6 Å². The first kappa shape index (κ1) is 10.3. The third-order valence-electron chi connectivity index (χ3n) is 1.78. The molecular weight excluding hydrogens is 189 g/mol. The van der Waals surface area contributed by atoms with Gasteiger partial charge in [-0.1, -0.05) is 6.07 Å². The van der Waals surface area contributed by atoms with Crippen molar-refractivity contribution < 1.29 is 9.13 Å². The minimum Gasteiger partial charge on any atom is -0.494 e. The largest absolute Gasteiger partial charge is 0.494 e. The van der Waals surface area contributed by atoms with Gasteiger partial charge in [0.25, 0.3) is 0 Å². The summed E-state index contributed by atoms with van der Waals surface area (Å²) in [6, 6.07) is 4.72. The molecule has 1 rings (SSSR count). The monoisotopic (exact) mass is 201 g/mol. The molecule has 0 aliphatic heterocycles. The fourth-order valence-corrected chi connectivity index (χ4v) is 1.19. The Morgan fingerprint density at radius 2 is 2.31 bits per heavy atom. The van der Waals surface area contributed by atoms with Crippen LogP contribution in [0.4, 0.5) is 4.39 Å². The molecule has 0 aliphatic rings. The van der Waals surface area contributed by atoms with Crippen molar-refractivity contribution in [3.63, 3.8) is 0 Å². The lowest BCUT2D eigenvalue weighted by Crippen LogP contribution is -2.07. The van der Waals surface area contributed by atoms with Gasteiger partial charge in [-0.25, -0.2) is 4.39 Å². The Balaban J connectivity index is 2.95. The van der Waals surface area contributed by atoms with Crippen molar-refractivity contribution in [1.82, 2.24) is 0 Å². The highest BCUT2D eigenvalue weighted by atomic mass is 32.1. The lowest BCUT2D eigenvalue weighted by molar-refractivity contribution is 0.386. The molecule has 1 unspecified atom stereocenters. The van der Waals surface area contributed by atoms with Crippen molar-refractivity contribution in [3.8, 4) is 5.75 Å². The highest BCUT2D eigenvalue weighted by Crippen LogP contribution is 2.24. The van der Waals surface area contributed by atoms with Crippen LogP contribution in [0, 0.1) is 5.82 Å². The molecule has 0 aliphatic carbocycles. The standard InChI is InChI=1S/C9H12FNOS/c1-12-8-3-2-6(4-7(8)10)9(13)5-11/h2-4,9,13H,5,11H2,1H3. The van der Waals surface area contributed by atoms with Gasteiger partial charge in [0.2, 0.25) is 0 Å². The quantitative estimate of drug-likeness (QED) is 0.731. The molecular formula is C9H12FNOS. The van der Waals surface area contributed by atoms with Gasteiger partial charge in [-0.15, -0.1) is 0 Å². The fraction of sp³-hybridized carbons (Fsp3) is 0.333. The smallest absolute Gasteiger partial charge is 0.165 e. The summed E-state index contributed by atoms with van der Waals surface area (Å²) in [5.41, 5.74) is 6.16. The molecule has 1 aromatic rings. The maximum Gasteiger partial charge on any atom is 0.165 e. The minimum atomic E-state index is -0.382. The first-order valence-corrected chi connectivity index (χ1v) is 4.42. The maximum atomic E-state index is 13.1. The van der Waals surface area contributed by atoms with Crippen molar-refractivity contribution in [1.29, 1.82) is 0 Å². The first-order valence-electron chi connectivity index (χ1n) is 3.90. The van der Waals surface area contributed by atoms with E-state index in [0.29, 0.717) is 6.54 Å². The third-order valence-corrected chi connectivity index (χ3v) is 2.29. The van der Waals surface area contributed by atoms with Crippen molar-refractivity contribution in [2.75, 3.05) is 13.7 Å². The topological polar surface area (TPSA) is 35.2 Å². The normalized spacial score (nSPS) is 12.6. The summed E-state index contributed by atoms with van der Waals surface area (Å²) < 4.78 is 17.9. The van der Waals surface area contributed by atoms with E-state index in [1.54, 1.807) is 12.1 Å². The molecule has 0 heterocycles. The maximum absolute atomic E-state index is 13.1. The van der Waals surface area contributed by atoms with Crippen molar-refractivity contribution in [2.24, 2.45) is 5.73 Å². The summed E-state index contributed by atoms with van der Waals surface area (Å²) in [5.74, 6) is -0.145. The predicted octanol–water partition coefficient (Wildman–Crippen LogP) is 1.76. The van der Waals surface area contributed by atoms with E-state index in [0.717, 1.165) is 5.56 Å². The Labute approximate surface area is 82.3 Å². The molecule has 4 heteroatoms. The molecule has 2 nitrogen and oxygen atoms in total. The Kier molecular flexibility index (Phi) is 3.57. The molecule has 2 N–H and O–H groups in total. The number of thiol groups is 1. The predicted molar refractivity (Wildman–Crippen MR) is 53.7 cm³/mol. The molecule has 13 heavy (non-hydrogen) atoms. The van der Waals surface area contributed by atoms with Gasteiger partial charge in [-0.05, 0) is 17.7 Å². The number of ether oxygens (including phenoxy) is 1. The Bertz CT molecular complexity index is 293. The summed E-state index contributed by atoms with van der Waals surface area (Å²) in [6.07, 6.45) is 0. The number of benzene rings is 1. The molecule has 0 amide bonds. The second kappa shape index (κ2) is 4.48. The van der Waals surface area contributed by atoms with Crippen LogP contribution in [0.2, 0.25) is 0 Å². The summed E-state index contributed by atoms with van der Waals surface area (Å²) in [6.45, 7) is 0.384. The van der Waals surface area contributed by atoms with Crippen molar-refractivity contribution in [2.45, 2.75) is 5.25 Å². The third kappa shape index (κ3) is 2.35. The molecule has 1 atom stereocenters. The molecule has 0 radical (unpaired) electrons. The van der Waals surface area contributed by atoms with E-state index in [2.05, 4.69) is 12.6 Å². The zero-order valence-corrected chi connectivity index (χ0v) is 8.22. The van der Waals surface area contributed by atoms with Crippen LogP contribution in [-0.4, -0.2) is 13.7 Å². The van der Waals surface area contributed by atoms with E-state index in [1.165, 1.54) is 13.2 Å². The molecule has 72 valence electrons. The summed E-state index contributed by atoms with van der Waals surface area (Å²) in [5, 5.41) is -0.125. The second-order valence-electron chi connectivity index (χ2n) is 2.65. The van der Waals surface area contributed by atoms with E-state index in [4.69, 9.17) is 10.5 Å². The van der Waals surface area contributed by atoms with Crippen molar-refractivity contribution in [3.05, 3.63) is 29.6 Å². The summed E-state index contributed by atoms with van der Waals surface area (Å²) in [4.78, 5) is 0. The van der Waals surface area contributed by atoms with E-state index in [1.807, 2.05) is 0 Å². The molecule has 0 bridgehead atoms. The van der Waals surface area contributed by atoms with E-state index in [-0.39, 0.29) is 16.8 Å². The van der Waals surface area contributed by atoms with Gasteiger partial charge in [0, 0.05) is 11.8 Å². The molecule has 0 saturated carbocycles. The van der Waals surface area contributed by atoms with Crippen LogP contribution in [0.15, 0.2) is 18.2 Å². The number of rotatable bonds is 3. The van der Waals surface area contributed by atoms with Crippen LogP contribution in [-0.2, 0) is 0 Å². The molecule has 1 aromatic carbocycles. The summed E-state index contributed by atoms with van der Waals surface area (Å²) >= 11 is 4.20. The molecule has 0 saturated heterocycles. The Hall–Kier alpha value is -0.740. The lowest BCUT2D eigenvalue weighted by Gasteiger charge is -2.09. The van der Waals surface area contributed by atoms with Gasteiger partial charge in [-0.3, -0.25) is 0 Å². The SMILES string of the molecule is COc1ccc(C(S)CN)cc1F. The molecule has 0 fully saturated rings. The number of hydrogen-bond donors (Lipinski definition) is 2. The van der Waals surface area contributed by atoms with Crippen LogP contribution in [0.5, 0.6) is 5.75 Å². The van der Waals surface area contributed by atoms with Crippen LogP contribution in [0.3, 0.4) is 0 Å². The zero-order chi connectivity index (χ0) is 9.84. The Morgan fingerprint density at radius 1 is 1.62 bits per heavy atom. The lowest BCUT2D eigenvalue weighted by atomic mass is 10.1. The summed E-state index contributed by atoms with van der Waals surface area (Å²) in [7, 11) is 1.43. The van der Waals surface area contributed by atoms with E-state index < -0.39 is 0 Å². The van der Waals surface area contributed by atoms with Crippen molar-refractivity contribution >= 4 is 12.6 Å². The highest BCUT2D eigenvalue weighted by Gasteiger charge is 2.08. The van der Waals surface area contributed by atoms with Gasteiger partial charge >= 0.3 is 0 Å². The Morgan fingerprint density at radius 3 is 2.77 bits per heavy atom. The van der Waals surface area contributed by atoms with Crippen LogP contribution in [0.1, 0.15) is 10.8 Å². The molecule has 0 aromatic heterocycles. The fourth-order valence-electron chi connectivity index (χ4n) is 1.03. The molecule has 0 spiro atoms. The van der Waals surface area contributed by atoms with Crippen LogP contribution >= 0.6 is 12.6 Å². The average Bonchev–Trinajstić information content (AvgIpc) is 2.16. The van der Waals surface area contributed by atoms with Crippen LogP contribution < -0.4 is 10.5 Å². The highest BCUT2D eigenvalue weighted by molar-refractivity contribution is 7.80. The van der Waals surface area contributed by atoms with Crippen LogP contribution in [0.25, 0.3) is 0 Å². The van der Waals surface area contributed by atoms with Gasteiger partial charge in [0.1, 0.15) is 0 Å². The number of halogens is 1. The van der Waals surface area contributed by atoms with Gasteiger partial charge in [-0.2, -0.15) is 12.6 Å². The minimum absolute atomic E-state index is 0.125. The zero-order valence-electron chi connectivity index (χ0n) is 7.33. The second-order valence-corrected chi connectivity index (χ2v) is 3.27. The van der Waals surface area contributed by atoms with E-state index in [9.17, 15) is 4.39 Å². The number of hydrogen-bond acceptors (Lipinski definition) is 3. The van der Waals surface area contributed by atoms with E-state index >= 15 is 0 Å².